The molecule has 5 N–H and O–H groups in total. The Hall–Kier alpha value is -3.07. The van der Waals surface area contributed by atoms with E-state index in [1.54, 1.807) is 17.2 Å². The number of aromatic nitrogens is 1. The molecule has 0 fully saturated rings. The van der Waals surface area contributed by atoms with Gasteiger partial charge in [-0.05, 0) is 48.6 Å². The van der Waals surface area contributed by atoms with Gasteiger partial charge in [-0.3, -0.25) is 4.79 Å². The fourth-order valence-corrected chi connectivity index (χ4v) is 4.83. The second-order valence-corrected chi connectivity index (χ2v) is 11.1. The molecule has 0 spiro atoms. The Kier molecular flexibility index (Phi) is 9.82. The van der Waals surface area contributed by atoms with Crippen LogP contribution < -0.4 is 11.5 Å². The summed E-state index contributed by atoms with van der Waals surface area (Å²) in [7, 11) is 0. The van der Waals surface area contributed by atoms with Crippen molar-refractivity contribution in [1.29, 1.82) is 0 Å². The van der Waals surface area contributed by atoms with Gasteiger partial charge in [0.25, 0.3) is 5.91 Å². The summed E-state index contributed by atoms with van der Waals surface area (Å²) in [5.41, 5.74) is 13.4. The number of nitrogens with zero attached hydrogens (tertiary/aromatic N) is 2. The van der Waals surface area contributed by atoms with Crippen LogP contribution in [0.25, 0.3) is 11.1 Å². The minimum Gasteiger partial charge on any atom is -0.383 e. The summed E-state index contributed by atoms with van der Waals surface area (Å²) in [6.45, 7) is 9.07. The van der Waals surface area contributed by atoms with Gasteiger partial charge >= 0.3 is 0 Å². The van der Waals surface area contributed by atoms with Crippen molar-refractivity contribution in [1.82, 2.24) is 9.47 Å². The number of aliphatic hydroxyl groups is 1. The van der Waals surface area contributed by atoms with E-state index < -0.39 is 35.0 Å². The van der Waals surface area contributed by atoms with Gasteiger partial charge in [-0.25, -0.2) is 8.78 Å². The first-order chi connectivity index (χ1) is 17.9. The summed E-state index contributed by atoms with van der Waals surface area (Å²) in [5.74, 6) is -2.18. The summed E-state index contributed by atoms with van der Waals surface area (Å²) in [6, 6.07) is 14.7. The lowest BCUT2D eigenvalue weighted by Gasteiger charge is -2.37. The molecule has 38 heavy (non-hydrogen) atoms. The van der Waals surface area contributed by atoms with E-state index in [0.29, 0.717) is 37.3 Å². The van der Waals surface area contributed by atoms with Crippen LogP contribution >= 0.6 is 0 Å². The molecular weight excluding hydrogens is 486 g/mol. The summed E-state index contributed by atoms with van der Waals surface area (Å²) < 4.78 is 30.8. The molecular formula is C30H40F2N4O2. The molecule has 6 nitrogen and oxygen atoms in total. The minimum absolute atomic E-state index is 0.106. The van der Waals surface area contributed by atoms with Gasteiger partial charge in [0, 0.05) is 61.2 Å². The minimum atomic E-state index is -1.38. The van der Waals surface area contributed by atoms with Crippen molar-refractivity contribution in [3.05, 3.63) is 83.7 Å². The van der Waals surface area contributed by atoms with Gasteiger partial charge in [-0.1, -0.05) is 51.1 Å². The molecule has 1 amide bonds. The van der Waals surface area contributed by atoms with E-state index in [0.717, 1.165) is 23.8 Å². The average Bonchev–Trinajstić information content (AvgIpc) is 3.25. The topological polar surface area (TPSA) is 97.5 Å². The van der Waals surface area contributed by atoms with Gasteiger partial charge in [-0.15, -0.1) is 0 Å². The molecule has 206 valence electrons. The summed E-state index contributed by atoms with van der Waals surface area (Å²) in [6.07, 6.45) is 0.944. The van der Waals surface area contributed by atoms with Gasteiger partial charge in [0.2, 0.25) is 0 Å². The molecule has 0 radical (unpaired) electrons. The zero-order chi connectivity index (χ0) is 28.0. The highest BCUT2D eigenvalue weighted by molar-refractivity contribution is 5.82. The molecule has 3 atom stereocenters. The summed E-state index contributed by atoms with van der Waals surface area (Å²) in [4.78, 5) is 15.2. The van der Waals surface area contributed by atoms with Crippen LogP contribution in [0.2, 0.25) is 0 Å². The van der Waals surface area contributed by atoms with Crippen LogP contribution in [-0.2, 0) is 11.3 Å². The van der Waals surface area contributed by atoms with Crippen molar-refractivity contribution in [2.24, 2.45) is 16.9 Å². The molecule has 3 rings (SSSR count). The SMILES string of the molecule is C[C@H](N)CCN(CCN)C(=O)C(O)[C@@H](c1cc(-c2cc(F)ccc2F)cn1Cc1ccccc1)C(C)(C)C. The Morgan fingerprint density at radius 1 is 1.08 bits per heavy atom. The number of benzene rings is 2. The van der Waals surface area contributed by atoms with Crippen molar-refractivity contribution in [3.8, 4) is 11.1 Å². The standard InChI is InChI=1S/C30H40F2N4O2/c1-20(34)12-14-35(15-13-33)29(38)28(37)27(30(2,3)4)26-16-22(24-17-23(31)10-11-25(24)32)19-36(26)18-21-8-6-5-7-9-21/h5-11,16-17,19-20,27-28,37H,12-15,18,33-34H2,1-4H3/t20-,27+,28?/m0/s1. The van der Waals surface area contributed by atoms with E-state index in [9.17, 15) is 18.7 Å². The normalized spacial score (nSPS) is 14.2. The van der Waals surface area contributed by atoms with E-state index in [1.807, 2.05) is 62.6 Å². The molecule has 0 aliphatic rings. The number of halogens is 2. The highest BCUT2D eigenvalue weighted by Crippen LogP contribution is 2.41. The molecule has 1 unspecified atom stereocenters. The van der Waals surface area contributed by atoms with Gasteiger partial charge < -0.3 is 26.0 Å². The molecule has 1 aromatic heterocycles. The number of carbonyl (C=O) groups excluding carboxylic acids is 1. The van der Waals surface area contributed by atoms with E-state index in [2.05, 4.69) is 0 Å². The average molecular weight is 527 g/mol. The van der Waals surface area contributed by atoms with Gasteiger partial charge in [0.15, 0.2) is 0 Å². The second-order valence-electron chi connectivity index (χ2n) is 11.1. The summed E-state index contributed by atoms with van der Waals surface area (Å²) in [5, 5.41) is 11.6. The Bertz CT molecular complexity index is 1200. The predicted molar refractivity (Wildman–Crippen MR) is 147 cm³/mol. The van der Waals surface area contributed by atoms with Crippen molar-refractivity contribution >= 4 is 5.91 Å². The number of rotatable bonds is 11. The zero-order valence-electron chi connectivity index (χ0n) is 22.7. The third-order valence-electron chi connectivity index (χ3n) is 6.75. The third kappa shape index (κ3) is 7.28. The molecule has 0 aliphatic heterocycles. The highest BCUT2D eigenvalue weighted by Gasteiger charge is 2.40. The molecule has 0 saturated carbocycles. The largest absolute Gasteiger partial charge is 0.383 e. The van der Waals surface area contributed by atoms with Gasteiger partial charge in [0.1, 0.15) is 17.7 Å². The first-order valence-electron chi connectivity index (χ1n) is 13.0. The third-order valence-corrected chi connectivity index (χ3v) is 6.75. The molecule has 0 saturated heterocycles. The van der Waals surface area contributed by atoms with Crippen molar-refractivity contribution < 1.29 is 18.7 Å². The van der Waals surface area contributed by atoms with E-state index in [4.69, 9.17) is 11.5 Å². The van der Waals surface area contributed by atoms with E-state index in [-0.39, 0.29) is 18.2 Å². The van der Waals surface area contributed by atoms with Crippen molar-refractivity contribution in [2.75, 3.05) is 19.6 Å². The fraction of sp³-hybridized carbons (Fsp3) is 0.433. The Labute approximate surface area is 224 Å². The van der Waals surface area contributed by atoms with Crippen LogP contribution in [0.3, 0.4) is 0 Å². The Morgan fingerprint density at radius 2 is 1.76 bits per heavy atom. The summed E-state index contributed by atoms with van der Waals surface area (Å²) >= 11 is 0. The van der Waals surface area contributed by atoms with Crippen LogP contribution in [0.15, 0.2) is 60.8 Å². The maximum Gasteiger partial charge on any atom is 0.252 e. The van der Waals surface area contributed by atoms with Crippen LogP contribution in [0.5, 0.6) is 0 Å². The van der Waals surface area contributed by atoms with Crippen LogP contribution in [0.1, 0.15) is 51.3 Å². The van der Waals surface area contributed by atoms with Crippen LogP contribution in [0, 0.1) is 17.0 Å². The second kappa shape index (κ2) is 12.7. The lowest BCUT2D eigenvalue weighted by atomic mass is 9.74. The number of amides is 1. The molecule has 0 aliphatic carbocycles. The molecule has 0 bridgehead atoms. The number of carbonyl (C=O) groups is 1. The van der Waals surface area contributed by atoms with Crippen molar-refractivity contribution in [3.63, 3.8) is 0 Å². The Morgan fingerprint density at radius 3 is 2.37 bits per heavy atom. The lowest BCUT2D eigenvalue weighted by molar-refractivity contribution is -0.143. The maximum atomic E-state index is 14.8. The quantitative estimate of drug-likeness (QED) is 0.343. The van der Waals surface area contributed by atoms with Crippen LogP contribution in [0.4, 0.5) is 8.78 Å². The molecule has 8 heteroatoms. The number of hydrogen-bond donors (Lipinski definition) is 3. The molecule has 1 heterocycles. The van der Waals surface area contributed by atoms with Gasteiger partial charge in [-0.2, -0.15) is 0 Å². The number of aliphatic hydroxyl groups excluding tert-OH is 1. The van der Waals surface area contributed by atoms with Crippen molar-refractivity contribution in [2.45, 2.75) is 58.7 Å². The highest BCUT2D eigenvalue weighted by atomic mass is 19.1. The lowest BCUT2D eigenvalue weighted by Crippen LogP contribution is -2.48. The molecule has 2 aromatic carbocycles. The zero-order valence-corrected chi connectivity index (χ0v) is 22.7. The molecule has 3 aromatic rings. The van der Waals surface area contributed by atoms with E-state index >= 15 is 0 Å². The first kappa shape index (κ1) is 29.5. The van der Waals surface area contributed by atoms with Crippen LogP contribution in [-0.4, -0.2) is 52.3 Å². The van der Waals surface area contributed by atoms with Gasteiger partial charge in [0.05, 0.1) is 0 Å². The fourth-order valence-electron chi connectivity index (χ4n) is 4.83. The predicted octanol–water partition coefficient (Wildman–Crippen LogP) is 4.50. The first-order valence-corrected chi connectivity index (χ1v) is 13.0. The van der Waals surface area contributed by atoms with E-state index in [1.165, 1.54) is 0 Å². The number of hydrogen-bond acceptors (Lipinski definition) is 4. The Balaban J connectivity index is 2.11. The monoisotopic (exact) mass is 526 g/mol. The number of nitrogens with two attached hydrogens (primary N) is 2. The smallest absolute Gasteiger partial charge is 0.252 e. The maximum absolute atomic E-state index is 14.8.